The fraction of sp³-hybridized carbons (Fsp3) is 0.273. The zero-order valence-electron chi connectivity index (χ0n) is 8.55. The highest BCUT2D eigenvalue weighted by atomic mass is 16.5. The SMILES string of the molecule is CC(N)c1noc(Cc2ccccc2)n1. The van der Waals surface area contributed by atoms with E-state index >= 15 is 0 Å². The highest BCUT2D eigenvalue weighted by Crippen LogP contribution is 2.09. The molecule has 0 fully saturated rings. The van der Waals surface area contributed by atoms with E-state index in [-0.39, 0.29) is 6.04 Å². The molecule has 1 aromatic carbocycles. The summed E-state index contributed by atoms with van der Waals surface area (Å²) in [5.41, 5.74) is 6.79. The summed E-state index contributed by atoms with van der Waals surface area (Å²) < 4.78 is 5.09. The number of hydrogen-bond donors (Lipinski definition) is 1. The van der Waals surface area contributed by atoms with Crippen molar-refractivity contribution in [2.75, 3.05) is 0 Å². The highest BCUT2D eigenvalue weighted by molar-refractivity contribution is 5.18. The Hall–Kier alpha value is -1.68. The lowest BCUT2D eigenvalue weighted by Crippen LogP contribution is -2.06. The molecule has 0 spiro atoms. The van der Waals surface area contributed by atoms with Crippen LogP contribution in [0.2, 0.25) is 0 Å². The second-order valence-electron chi connectivity index (χ2n) is 3.50. The van der Waals surface area contributed by atoms with Gasteiger partial charge in [-0.3, -0.25) is 0 Å². The minimum atomic E-state index is -0.182. The molecule has 0 saturated carbocycles. The first-order valence-electron chi connectivity index (χ1n) is 4.87. The number of nitrogens with zero attached hydrogens (tertiary/aromatic N) is 2. The van der Waals surface area contributed by atoms with Crippen LogP contribution in [0.25, 0.3) is 0 Å². The molecular weight excluding hydrogens is 190 g/mol. The lowest BCUT2D eigenvalue weighted by molar-refractivity contribution is 0.377. The zero-order chi connectivity index (χ0) is 10.7. The van der Waals surface area contributed by atoms with Crippen molar-refractivity contribution in [1.29, 1.82) is 0 Å². The molecule has 1 heterocycles. The molecule has 4 heteroatoms. The molecule has 78 valence electrons. The molecule has 0 aliphatic heterocycles. The molecule has 0 bridgehead atoms. The normalized spacial score (nSPS) is 12.7. The quantitative estimate of drug-likeness (QED) is 0.824. The van der Waals surface area contributed by atoms with Crippen molar-refractivity contribution in [3.63, 3.8) is 0 Å². The molecule has 2 N–H and O–H groups in total. The van der Waals surface area contributed by atoms with Gasteiger partial charge in [-0.05, 0) is 12.5 Å². The zero-order valence-corrected chi connectivity index (χ0v) is 8.55. The minimum Gasteiger partial charge on any atom is -0.339 e. The van der Waals surface area contributed by atoms with Crippen molar-refractivity contribution in [1.82, 2.24) is 10.1 Å². The standard InChI is InChI=1S/C11H13N3O/c1-8(12)11-13-10(15-14-11)7-9-5-3-2-4-6-9/h2-6,8H,7,12H2,1H3. The Kier molecular flexibility index (Phi) is 2.78. The van der Waals surface area contributed by atoms with E-state index < -0.39 is 0 Å². The van der Waals surface area contributed by atoms with Gasteiger partial charge in [0.05, 0.1) is 12.5 Å². The lowest BCUT2D eigenvalue weighted by atomic mass is 10.1. The van der Waals surface area contributed by atoms with Crippen LogP contribution in [0, 0.1) is 0 Å². The van der Waals surface area contributed by atoms with Gasteiger partial charge in [-0.2, -0.15) is 4.98 Å². The van der Waals surface area contributed by atoms with Crippen molar-refractivity contribution in [2.24, 2.45) is 5.73 Å². The number of hydrogen-bond acceptors (Lipinski definition) is 4. The number of nitrogens with two attached hydrogens (primary N) is 1. The average Bonchev–Trinajstić information content (AvgIpc) is 2.68. The van der Waals surface area contributed by atoms with Crippen LogP contribution in [0.3, 0.4) is 0 Å². The third-order valence-corrected chi connectivity index (χ3v) is 2.09. The summed E-state index contributed by atoms with van der Waals surface area (Å²) in [6.07, 6.45) is 0.653. The third-order valence-electron chi connectivity index (χ3n) is 2.09. The van der Waals surface area contributed by atoms with Gasteiger partial charge in [0.25, 0.3) is 0 Å². The van der Waals surface area contributed by atoms with Crippen LogP contribution in [0.1, 0.15) is 30.2 Å². The van der Waals surface area contributed by atoms with Crippen molar-refractivity contribution < 1.29 is 4.52 Å². The molecular formula is C11H13N3O. The Labute approximate surface area is 88.1 Å². The predicted molar refractivity (Wildman–Crippen MR) is 56.1 cm³/mol. The topological polar surface area (TPSA) is 64.9 Å². The highest BCUT2D eigenvalue weighted by Gasteiger charge is 2.09. The number of aromatic nitrogens is 2. The molecule has 1 aromatic heterocycles. The first-order valence-corrected chi connectivity index (χ1v) is 4.87. The number of benzene rings is 1. The van der Waals surface area contributed by atoms with Crippen LogP contribution < -0.4 is 5.73 Å². The van der Waals surface area contributed by atoms with E-state index in [1.807, 2.05) is 37.3 Å². The molecule has 0 amide bonds. The Balaban J connectivity index is 2.12. The first-order chi connectivity index (χ1) is 7.25. The molecule has 2 rings (SSSR count). The Morgan fingerprint density at radius 1 is 1.33 bits per heavy atom. The van der Waals surface area contributed by atoms with Crippen LogP contribution in [0.4, 0.5) is 0 Å². The van der Waals surface area contributed by atoms with Crippen LogP contribution in [-0.4, -0.2) is 10.1 Å². The summed E-state index contributed by atoms with van der Waals surface area (Å²) in [5, 5.41) is 3.80. The maximum Gasteiger partial charge on any atom is 0.231 e. The van der Waals surface area contributed by atoms with E-state index in [0.29, 0.717) is 18.1 Å². The van der Waals surface area contributed by atoms with E-state index in [4.69, 9.17) is 10.3 Å². The van der Waals surface area contributed by atoms with Gasteiger partial charge in [-0.1, -0.05) is 35.5 Å². The Morgan fingerprint density at radius 3 is 2.67 bits per heavy atom. The Morgan fingerprint density at radius 2 is 2.07 bits per heavy atom. The maximum atomic E-state index is 5.64. The summed E-state index contributed by atoms with van der Waals surface area (Å²) in [6.45, 7) is 1.83. The third kappa shape index (κ3) is 2.41. The minimum absolute atomic E-state index is 0.182. The molecule has 2 aromatic rings. The number of rotatable bonds is 3. The molecule has 0 radical (unpaired) electrons. The fourth-order valence-electron chi connectivity index (χ4n) is 1.30. The first kappa shape index (κ1) is 9.86. The van der Waals surface area contributed by atoms with Gasteiger partial charge in [0.1, 0.15) is 0 Å². The molecule has 0 saturated heterocycles. The van der Waals surface area contributed by atoms with Crippen LogP contribution in [0.15, 0.2) is 34.9 Å². The average molecular weight is 203 g/mol. The van der Waals surface area contributed by atoms with Gasteiger partial charge in [0.15, 0.2) is 5.82 Å². The molecule has 1 atom stereocenters. The summed E-state index contributed by atoms with van der Waals surface area (Å²) in [4.78, 5) is 4.20. The summed E-state index contributed by atoms with van der Waals surface area (Å²) >= 11 is 0. The van der Waals surface area contributed by atoms with Crippen LogP contribution >= 0.6 is 0 Å². The predicted octanol–water partition coefficient (Wildman–Crippen LogP) is 1.68. The van der Waals surface area contributed by atoms with Gasteiger partial charge >= 0.3 is 0 Å². The van der Waals surface area contributed by atoms with Gasteiger partial charge < -0.3 is 10.3 Å². The second-order valence-corrected chi connectivity index (χ2v) is 3.50. The maximum absolute atomic E-state index is 5.64. The van der Waals surface area contributed by atoms with Gasteiger partial charge in [0, 0.05) is 0 Å². The van der Waals surface area contributed by atoms with E-state index in [9.17, 15) is 0 Å². The summed E-state index contributed by atoms with van der Waals surface area (Å²) in [5.74, 6) is 1.16. The molecule has 0 aliphatic carbocycles. The van der Waals surface area contributed by atoms with Gasteiger partial charge in [0.2, 0.25) is 5.89 Å². The van der Waals surface area contributed by atoms with E-state index in [0.717, 1.165) is 5.56 Å². The van der Waals surface area contributed by atoms with Gasteiger partial charge in [-0.15, -0.1) is 0 Å². The lowest BCUT2D eigenvalue weighted by Gasteiger charge is -1.95. The van der Waals surface area contributed by atoms with E-state index in [2.05, 4.69) is 10.1 Å². The van der Waals surface area contributed by atoms with Crippen LogP contribution in [0.5, 0.6) is 0 Å². The second kappa shape index (κ2) is 4.23. The smallest absolute Gasteiger partial charge is 0.231 e. The van der Waals surface area contributed by atoms with Gasteiger partial charge in [-0.25, -0.2) is 0 Å². The van der Waals surface area contributed by atoms with Crippen molar-refractivity contribution in [2.45, 2.75) is 19.4 Å². The molecule has 1 unspecified atom stereocenters. The van der Waals surface area contributed by atoms with E-state index in [1.54, 1.807) is 0 Å². The Bertz CT molecular complexity index is 422. The fourth-order valence-corrected chi connectivity index (χ4v) is 1.30. The monoisotopic (exact) mass is 203 g/mol. The largest absolute Gasteiger partial charge is 0.339 e. The molecule has 15 heavy (non-hydrogen) atoms. The van der Waals surface area contributed by atoms with Crippen LogP contribution in [-0.2, 0) is 6.42 Å². The molecule has 4 nitrogen and oxygen atoms in total. The van der Waals surface area contributed by atoms with Crippen molar-refractivity contribution in [3.05, 3.63) is 47.6 Å². The molecule has 0 aliphatic rings. The van der Waals surface area contributed by atoms with E-state index in [1.165, 1.54) is 0 Å². The van der Waals surface area contributed by atoms with Crippen molar-refractivity contribution >= 4 is 0 Å². The van der Waals surface area contributed by atoms with Crippen molar-refractivity contribution in [3.8, 4) is 0 Å². The summed E-state index contributed by atoms with van der Waals surface area (Å²) in [6, 6.07) is 9.81. The summed E-state index contributed by atoms with van der Waals surface area (Å²) in [7, 11) is 0.